The molecular weight excluding hydrogens is 322 g/mol. The van der Waals surface area contributed by atoms with Crippen LogP contribution in [0.3, 0.4) is 0 Å². The van der Waals surface area contributed by atoms with Gasteiger partial charge in [-0.25, -0.2) is 14.2 Å². The third-order valence-corrected chi connectivity index (χ3v) is 4.75. The Morgan fingerprint density at radius 1 is 1.22 bits per heavy atom. The minimum absolute atomic E-state index is 0.426. The Hall–Kier alpha value is -0.820. The summed E-state index contributed by atoms with van der Waals surface area (Å²) >= 11 is 4.90. The van der Waals surface area contributed by atoms with Crippen LogP contribution in [-0.4, -0.2) is 0 Å². The lowest BCUT2D eigenvalue weighted by atomic mass is 10.1. The number of thiophene rings is 1. The molecule has 3 N–H and O–H groups in total. The molecule has 1 aromatic heterocycles. The maximum atomic E-state index is 13.2. The summed E-state index contributed by atoms with van der Waals surface area (Å²) in [5.41, 5.74) is 4.11. The van der Waals surface area contributed by atoms with Crippen molar-refractivity contribution in [3.63, 3.8) is 0 Å². The number of rotatable bonds is 3. The third kappa shape index (κ3) is 2.77. The number of benzene rings is 1. The van der Waals surface area contributed by atoms with E-state index in [0.29, 0.717) is 5.56 Å². The molecule has 18 heavy (non-hydrogen) atoms. The summed E-state index contributed by atoms with van der Waals surface area (Å²) in [4.78, 5) is 0.895. The summed E-state index contributed by atoms with van der Waals surface area (Å²) in [5, 5.41) is 0. The second kappa shape index (κ2) is 5.44. The molecule has 2 rings (SSSR count). The van der Waals surface area contributed by atoms with Gasteiger partial charge in [0.2, 0.25) is 0 Å². The van der Waals surface area contributed by atoms with Crippen LogP contribution >= 0.6 is 27.3 Å². The maximum absolute atomic E-state index is 13.2. The Labute approximate surface area is 116 Å². The molecule has 0 radical (unpaired) electrons. The van der Waals surface area contributed by atoms with Crippen molar-refractivity contribution < 1.29 is 8.78 Å². The van der Waals surface area contributed by atoms with Crippen LogP contribution in [0.5, 0.6) is 0 Å². The van der Waals surface area contributed by atoms with Gasteiger partial charge in [0.15, 0.2) is 0 Å². The summed E-state index contributed by atoms with van der Waals surface area (Å²) in [6, 6.07) is 4.90. The van der Waals surface area contributed by atoms with E-state index in [1.807, 2.05) is 13.0 Å². The van der Waals surface area contributed by atoms with E-state index in [4.69, 9.17) is 5.84 Å². The van der Waals surface area contributed by atoms with E-state index >= 15 is 0 Å². The summed E-state index contributed by atoms with van der Waals surface area (Å²) < 4.78 is 27.4. The Morgan fingerprint density at radius 2 is 1.83 bits per heavy atom. The summed E-state index contributed by atoms with van der Waals surface area (Å²) in [5.74, 6) is 4.27. The van der Waals surface area contributed by atoms with E-state index in [1.54, 1.807) is 0 Å². The van der Waals surface area contributed by atoms with Crippen molar-refractivity contribution in [3.05, 3.63) is 55.7 Å². The molecule has 0 saturated carbocycles. The monoisotopic (exact) mass is 332 g/mol. The van der Waals surface area contributed by atoms with Gasteiger partial charge in [-0.05, 0) is 52.2 Å². The smallest absolute Gasteiger partial charge is 0.126 e. The molecule has 6 heteroatoms. The van der Waals surface area contributed by atoms with Gasteiger partial charge >= 0.3 is 0 Å². The molecule has 1 heterocycles. The standard InChI is InChI=1S/C12H11BrF2N2S/c1-6-2-10(18-12(6)13)11(17-16)7-3-8(14)5-9(15)4-7/h2-5,11,17H,16H2,1H3. The van der Waals surface area contributed by atoms with E-state index in [-0.39, 0.29) is 0 Å². The van der Waals surface area contributed by atoms with Crippen LogP contribution in [0.1, 0.15) is 22.0 Å². The van der Waals surface area contributed by atoms with Gasteiger partial charge in [0.05, 0.1) is 9.83 Å². The fraction of sp³-hybridized carbons (Fsp3) is 0.167. The van der Waals surface area contributed by atoms with Crippen LogP contribution in [-0.2, 0) is 0 Å². The molecule has 96 valence electrons. The van der Waals surface area contributed by atoms with Crippen molar-refractivity contribution in [3.8, 4) is 0 Å². The zero-order valence-corrected chi connectivity index (χ0v) is 11.9. The first-order chi connectivity index (χ1) is 8.51. The molecule has 1 unspecified atom stereocenters. The van der Waals surface area contributed by atoms with Crippen LogP contribution in [0, 0.1) is 18.6 Å². The van der Waals surface area contributed by atoms with Crippen molar-refractivity contribution in [1.29, 1.82) is 0 Å². The van der Waals surface area contributed by atoms with Crippen LogP contribution in [0.2, 0.25) is 0 Å². The first-order valence-corrected chi connectivity index (χ1v) is 6.80. The average molecular weight is 333 g/mol. The van der Waals surface area contributed by atoms with Crippen molar-refractivity contribution in [1.82, 2.24) is 5.43 Å². The van der Waals surface area contributed by atoms with E-state index in [2.05, 4.69) is 21.4 Å². The molecule has 0 bridgehead atoms. The first kappa shape index (κ1) is 13.6. The van der Waals surface area contributed by atoms with Crippen molar-refractivity contribution in [2.24, 2.45) is 5.84 Å². The normalized spacial score (nSPS) is 12.7. The minimum Gasteiger partial charge on any atom is -0.271 e. The molecule has 0 fully saturated rings. The van der Waals surface area contributed by atoms with Crippen molar-refractivity contribution in [2.45, 2.75) is 13.0 Å². The molecule has 0 aliphatic rings. The minimum atomic E-state index is -0.613. The highest BCUT2D eigenvalue weighted by molar-refractivity contribution is 9.11. The predicted molar refractivity (Wildman–Crippen MR) is 72.3 cm³/mol. The summed E-state index contributed by atoms with van der Waals surface area (Å²) in [6.07, 6.45) is 0. The number of hydrazine groups is 1. The Morgan fingerprint density at radius 3 is 2.28 bits per heavy atom. The highest BCUT2D eigenvalue weighted by atomic mass is 79.9. The number of aryl methyl sites for hydroxylation is 1. The molecule has 0 amide bonds. The predicted octanol–water partition coefficient (Wildman–Crippen LogP) is 3.65. The molecular formula is C12H11BrF2N2S. The fourth-order valence-corrected chi connectivity index (χ4v) is 3.37. The molecule has 0 aliphatic carbocycles. The van der Waals surface area contributed by atoms with Gasteiger partial charge in [-0.15, -0.1) is 11.3 Å². The summed E-state index contributed by atoms with van der Waals surface area (Å²) in [7, 11) is 0. The molecule has 2 aromatic rings. The molecule has 1 aromatic carbocycles. The number of nitrogens with one attached hydrogen (secondary N) is 1. The van der Waals surface area contributed by atoms with Crippen LogP contribution in [0.25, 0.3) is 0 Å². The number of nitrogens with two attached hydrogens (primary N) is 1. The van der Waals surface area contributed by atoms with Gasteiger partial charge < -0.3 is 0 Å². The molecule has 2 nitrogen and oxygen atoms in total. The molecule has 1 atom stereocenters. The van der Waals surface area contributed by atoms with Gasteiger partial charge in [-0.3, -0.25) is 5.84 Å². The maximum Gasteiger partial charge on any atom is 0.126 e. The quantitative estimate of drug-likeness (QED) is 0.665. The number of halogens is 3. The van der Waals surface area contributed by atoms with Gasteiger partial charge in [0.25, 0.3) is 0 Å². The topological polar surface area (TPSA) is 38.0 Å². The molecule has 0 saturated heterocycles. The second-order valence-electron chi connectivity index (χ2n) is 3.91. The average Bonchev–Trinajstić information content (AvgIpc) is 2.58. The highest BCUT2D eigenvalue weighted by Gasteiger charge is 2.17. The largest absolute Gasteiger partial charge is 0.271 e. The SMILES string of the molecule is Cc1cc(C(NN)c2cc(F)cc(F)c2)sc1Br. The lowest BCUT2D eigenvalue weighted by Crippen LogP contribution is -2.28. The Balaban J connectivity index is 2.44. The summed E-state index contributed by atoms with van der Waals surface area (Å²) in [6.45, 7) is 1.95. The van der Waals surface area contributed by atoms with E-state index in [1.165, 1.54) is 23.5 Å². The zero-order valence-electron chi connectivity index (χ0n) is 9.51. The van der Waals surface area contributed by atoms with Gasteiger partial charge in [0, 0.05) is 10.9 Å². The number of hydrogen-bond acceptors (Lipinski definition) is 3. The first-order valence-electron chi connectivity index (χ1n) is 5.19. The third-order valence-electron chi connectivity index (χ3n) is 2.55. The lowest BCUT2D eigenvalue weighted by Gasteiger charge is -2.14. The molecule has 0 aliphatic heterocycles. The van der Waals surface area contributed by atoms with Crippen LogP contribution in [0.15, 0.2) is 28.1 Å². The molecule has 0 spiro atoms. The van der Waals surface area contributed by atoms with Crippen molar-refractivity contribution in [2.75, 3.05) is 0 Å². The van der Waals surface area contributed by atoms with Crippen LogP contribution in [0.4, 0.5) is 8.78 Å². The Kier molecular flexibility index (Phi) is 4.11. The van der Waals surface area contributed by atoms with E-state index < -0.39 is 17.7 Å². The van der Waals surface area contributed by atoms with Gasteiger partial charge in [0.1, 0.15) is 11.6 Å². The fourth-order valence-electron chi connectivity index (χ4n) is 1.71. The van der Waals surface area contributed by atoms with Crippen LogP contribution < -0.4 is 11.3 Å². The van der Waals surface area contributed by atoms with Gasteiger partial charge in [-0.1, -0.05) is 0 Å². The lowest BCUT2D eigenvalue weighted by molar-refractivity contribution is 0.567. The highest BCUT2D eigenvalue weighted by Crippen LogP contribution is 2.34. The zero-order chi connectivity index (χ0) is 13.3. The van der Waals surface area contributed by atoms with E-state index in [9.17, 15) is 8.78 Å². The number of hydrogen-bond donors (Lipinski definition) is 2. The second-order valence-corrected chi connectivity index (χ2v) is 6.31. The van der Waals surface area contributed by atoms with E-state index in [0.717, 1.165) is 20.3 Å². The van der Waals surface area contributed by atoms with Crippen molar-refractivity contribution >= 4 is 27.3 Å². The van der Waals surface area contributed by atoms with Gasteiger partial charge in [-0.2, -0.15) is 0 Å². The Bertz CT molecular complexity index is 531.